The first-order chi connectivity index (χ1) is 10.8. The number of benzene rings is 2. The lowest BCUT2D eigenvalue weighted by Crippen LogP contribution is -2.03. The van der Waals surface area contributed by atoms with Crippen LogP contribution < -0.4 is 0 Å². The number of ketones is 1. The molecule has 0 aliphatic heterocycles. The topological polar surface area (TPSA) is 74.6 Å². The van der Waals surface area contributed by atoms with Crippen molar-refractivity contribution < 1.29 is 19.8 Å². The van der Waals surface area contributed by atoms with Crippen LogP contribution in [0, 0.1) is 0 Å². The fraction of sp³-hybridized carbons (Fsp3) is 0. The lowest BCUT2D eigenvalue weighted by atomic mass is 10.0. The Hall–Kier alpha value is -1.82. The Balaban J connectivity index is 2.35. The molecule has 0 aliphatic rings. The van der Waals surface area contributed by atoms with E-state index in [-0.39, 0.29) is 11.1 Å². The molecule has 0 aliphatic carbocycles. The van der Waals surface area contributed by atoms with Crippen molar-refractivity contribution in [1.82, 2.24) is 0 Å². The van der Waals surface area contributed by atoms with Gasteiger partial charge in [-0.15, -0.1) is 0 Å². The van der Waals surface area contributed by atoms with Crippen LogP contribution in [0.25, 0.3) is 6.08 Å². The number of phenols is 1. The smallest absolute Gasteiger partial charge is 0.339 e. The van der Waals surface area contributed by atoms with Gasteiger partial charge in [0.05, 0.1) is 15.6 Å². The zero-order chi connectivity index (χ0) is 17.1. The van der Waals surface area contributed by atoms with Gasteiger partial charge >= 0.3 is 5.97 Å². The molecule has 4 nitrogen and oxygen atoms in total. The number of rotatable bonds is 4. The van der Waals surface area contributed by atoms with Gasteiger partial charge in [-0.25, -0.2) is 4.79 Å². The minimum atomic E-state index is -1.33. The second-order valence-corrected chi connectivity index (χ2v) is 6.26. The number of carboxylic acids is 1. The molecule has 0 aromatic heterocycles. The first-order valence-electron chi connectivity index (χ1n) is 6.23. The van der Waals surface area contributed by atoms with Crippen molar-refractivity contribution in [2.24, 2.45) is 0 Å². The molecule has 2 aromatic rings. The molecule has 2 rings (SSSR count). The third-order valence-electron chi connectivity index (χ3n) is 2.94. The summed E-state index contributed by atoms with van der Waals surface area (Å²) in [4.78, 5) is 23.3. The Morgan fingerprint density at radius 3 is 2.30 bits per heavy atom. The largest absolute Gasteiger partial charge is 0.506 e. The van der Waals surface area contributed by atoms with Crippen LogP contribution >= 0.6 is 39.1 Å². The zero-order valence-electron chi connectivity index (χ0n) is 11.4. The van der Waals surface area contributed by atoms with Crippen molar-refractivity contribution in [3.63, 3.8) is 0 Å². The van der Waals surface area contributed by atoms with E-state index in [0.29, 0.717) is 20.1 Å². The Morgan fingerprint density at radius 1 is 1.04 bits per heavy atom. The molecular formula is C16H9BrCl2O4. The summed E-state index contributed by atoms with van der Waals surface area (Å²) in [7, 11) is 0. The van der Waals surface area contributed by atoms with Crippen LogP contribution in [0.5, 0.6) is 5.75 Å². The monoisotopic (exact) mass is 414 g/mol. The quantitative estimate of drug-likeness (QED) is 0.540. The summed E-state index contributed by atoms with van der Waals surface area (Å²) >= 11 is 14.8. The van der Waals surface area contributed by atoms with Crippen molar-refractivity contribution in [3.05, 3.63) is 67.6 Å². The molecular weight excluding hydrogens is 407 g/mol. The van der Waals surface area contributed by atoms with Gasteiger partial charge in [-0.2, -0.15) is 0 Å². The van der Waals surface area contributed by atoms with Gasteiger partial charge in [-0.3, -0.25) is 4.79 Å². The van der Waals surface area contributed by atoms with Crippen molar-refractivity contribution in [2.75, 3.05) is 0 Å². The van der Waals surface area contributed by atoms with Crippen LogP contribution in [0.4, 0.5) is 0 Å². The number of aromatic carboxylic acids is 1. The molecule has 0 radical (unpaired) electrons. The van der Waals surface area contributed by atoms with Crippen molar-refractivity contribution in [2.45, 2.75) is 0 Å². The van der Waals surface area contributed by atoms with E-state index in [1.165, 1.54) is 24.3 Å². The van der Waals surface area contributed by atoms with E-state index < -0.39 is 17.5 Å². The maximum atomic E-state index is 12.2. The Bertz CT molecular complexity index is 831. The summed E-state index contributed by atoms with van der Waals surface area (Å²) in [5.74, 6) is -2.45. The van der Waals surface area contributed by atoms with E-state index in [2.05, 4.69) is 15.9 Å². The number of carbonyl (C=O) groups excluding carboxylic acids is 1. The summed E-state index contributed by atoms with van der Waals surface area (Å²) in [6.45, 7) is 0. The van der Waals surface area contributed by atoms with E-state index in [0.717, 1.165) is 0 Å². The van der Waals surface area contributed by atoms with Gasteiger partial charge in [0, 0.05) is 4.47 Å². The highest BCUT2D eigenvalue weighted by Gasteiger charge is 2.18. The molecule has 0 fully saturated rings. The van der Waals surface area contributed by atoms with E-state index in [1.54, 1.807) is 18.2 Å². The van der Waals surface area contributed by atoms with Crippen LogP contribution in [0.1, 0.15) is 26.3 Å². The Labute approximate surface area is 150 Å². The maximum Gasteiger partial charge on any atom is 0.339 e. The van der Waals surface area contributed by atoms with Crippen LogP contribution in [-0.2, 0) is 0 Å². The molecule has 2 N–H and O–H groups in total. The van der Waals surface area contributed by atoms with Gasteiger partial charge in [-0.05, 0) is 35.9 Å². The molecule has 7 heteroatoms. The third kappa shape index (κ3) is 4.13. The normalized spacial score (nSPS) is 10.9. The fourth-order valence-corrected chi connectivity index (χ4v) is 2.59. The van der Waals surface area contributed by atoms with Gasteiger partial charge in [-0.1, -0.05) is 51.3 Å². The number of hydrogen-bond acceptors (Lipinski definition) is 3. The van der Waals surface area contributed by atoms with Crippen molar-refractivity contribution in [3.8, 4) is 5.75 Å². The average Bonchev–Trinajstić information content (AvgIpc) is 2.49. The first kappa shape index (κ1) is 17.5. The first-order valence-corrected chi connectivity index (χ1v) is 7.77. The number of carbonyl (C=O) groups is 2. The number of hydrogen-bond donors (Lipinski definition) is 2. The number of aromatic hydroxyl groups is 1. The lowest BCUT2D eigenvalue weighted by Gasteiger charge is -2.06. The molecule has 0 unspecified atom stereocenters. The molecule has 0 amide bonds. The molecule has 0 saturated heterocycles. The van der Waals surface area contributed by atoms with Crippen LogP contribution in [0.3, 0.4) is 0 Å². The number of carboxylic acid groups (broad SMARTS) is 1. The predicted octanol–water partition coefficient (Wildman–Crippen LogP) is 5.06. The van der Waals surface area contributed by atoms with Gasteiger partial charge in [0.1, 0.15) is 11.3 Å². The number of halogens is 3. The molecule has 0 spiro atoms. The number of allylic oxidation sites excluding steroid dienone is 1. The molecule has 0 atom stereocenters. The maximum absolute atomic E-state index is 12.2. The Kier molecular flexibility index (Phi) is 5.46. The van der Waals surface area contributed by atoms with E-state index in [9.17, 15) is 14.7 Å². The summed E-state index contributed by atoms with van der Waals surface area (Å²) in [5.41, 5.74) is 0.166. The third-order valence-corrected chi connectivity index (χ3v) is 4.14. The van der Waals surface area contributed by atoms with Gasteiger partial charge < -0.3 is 10.2 Å². The van der Waals surface area contributed by atoms with Gasteiger partial charge in [0.2, 0.25) is 0 Å². The lowest BCUT2D eigenvalue weighted by molar-refractivity contribution is 0.0693. The van der Waals surface area contributed by atoms with Crippen LogP contribution in [0.2, 0.25) is 10.0 Å². The van der Waals surface area contributed by atoms with Crippen LogP contribution in [0.15, 0.2) is 40.9 Å². The molecule has 0 bridgehead atoms. The summed E-state index contributed by atoms with van der Waals surface area (Å²) in [6, 6.07) is 7.41. The van der Waals surface area contributed by atoms with E-state index >= 15 is 0 Å². The minimum absolute atomic E-state index is 0.118. The molecule has 0 saturated carbocycles. The molecule has 118 valence electrons. The van der Waals surface area contributed by atoms with Gasteiger partial charge in [0.15, 0.2) is 5.78 Å². The Morgan fingerprint density at radius 2 is 1.70 bits per heavy atom. The van der Waals surface area contributed by atoms with Crippen molar-refractivity contribution in [1.29, 1.82) is 0 Å². The average molecular weight is 416 g/mol. The summed E-state index contributed by atoms with van der Waals surface area (Å²) < 4.78 is 0.374. The van der Waals surface area contributed by atoms with E-state index in [4.69, 9.17) is 28.3 Å². The zero-order valence-corrected chi connectivity index (χ0v) is 14.5. The second kappa shape index (κ2) is 7.17. The van der Waals surface area contributed by atoms with E-state index in [1.807, 2.05) is 0 Å². The standard InChI is InChI=1S/C16H9BrCl2O4/c17-9-6-10(15(21)11(7-9)16(22)23)14(20)4-2-8-1-3-12(18)13(19)5-8/h1-7,21H,(H,22,23)/b4-2+. The summed E-state index contributed by atoms with van der Waals surface area (Å²) in [5, 5.41) is 19.7. The highest BCUT2D eigenvalue weighted by atomic mass is 79.9. The minimum Gasteiger partial charge on any atom is -0.506 e. The van der Waals surface area contributed by atoms with Gasteiger partial charge in [0.25, 0.3) is 0 Å². The summed E-state index contributed by atoms with van der Waals surface area (Å²) in [6.07, 6.45) is 2.71. The van der Waals surface area contributed by atoms with Crippen LogP contribution in [-0.4, -0.2) is 22.0 Å². The molecule has 0 heterocycles. The fourth-order valence-electron chi connectivity index (χ4n) is 1.83. The molecule has 2 aromatic carbocycles. The molecule has 23 heavy (non-hydrogen) atoms. The highest BCUT2D eigenvalue weighted by molar-refractivity contribution is 9.10. The SMILES string of the molecule is O=C(O)c1cc(Br)cc(C(=O)/C=C/c2ccc(Cl)c(Cl)c2)c1O. The highest BCUT2D eigenvalue weighted by Crippen LogP contribution is 2.28. The van der Waals surface area contributed by atoms with Crippen molar-refractivity contribution >= 4 is 57.0 Å². The second-order valence-electron chi connectivity index (χ2n) is 4.53. The predicted molar refractivity (Wildman–Crippen MR) is 92.6 cm³/mol.